The Morgan fingerprint density at radius 2 is 1.95 bits per heavy atom. The summed E-state index contributed by atoms with van der Waals surface area (Å²) < 4.78 is 10.9. The third-order valence-corrected chi connectivity index (χ3v) is 2.75. The first-order valence-electron chi connectivity index (χ1n) is 6.41. The average molecular weight is 296 g/mol. The van der Waals surface area contributed by atoms with Crippen molar-refractivity contribution < 1.29 is 29.3 Å². The van der Waals surface area contributed by atoms with E-state index in [1.54, 1.807) is 18.2 Å². The number of anilines is 1. The highest BCUT2D eigenvalue weighted by molar-refractivity contribution is 5.90. The van der Waals surface area contributed by atoms with Crippen LogP contribution in [0.5, 0.6) is 11.5 Å². The number of nitrogens with one attached hydrogen (secondary N) is 2. The van der Waals surface area contributed by atoms with E-state index < -0.39 is 18.1 Å². The lowest BCUT2D eigenvalue weighted by molar-refractivity contribution is -0.146. The van der Waals surface area contributed by atoms with E-state index in [-0.39, 0.29) is 6.54 Å². The molecule has 1 heterocycles. The molecule has 114 valence electrons. The number of carboxylic acids is 1. The molecular weight excluding hydrogens is 280 g/mol. The van der Waals surface area contributed by atoms with Gasteiger partial charge in [0, 0.05) is 18.2 Å². The van der Waals surface area contributed by atoms with Crippen LogP contribution in [0.1, 0.15) is 6.42 Å². The molecule has 0 aromatic heterocycles. The fraction of sp³-hybridized carbons (Fsp3) is 0.385. The average Bonchev–Trinajstić information content (AvgIpc) is 2.69. The van der Waals surface area contributed by atoms with Gasteiger partial charge in [-0.2, -0.15) is 0 Å². The van der Waals surface area contributed by atoms with E-state index in [2.05, 4.69) is 10.6 Å². The minimum Gasteiger partial charge on any atom is -0.490 e. The Labute approximate surface area is 120 Å². The number of carboxylic acid groups (broad SMARTS) is 1. The SMILES string of the molecule is O=C(NCC(O)C(=O)O)Nc1ccc2c(c1)OCCCO2. The van der Waals surface area contributed by atoms with Gasteiger partial charge in [0.1, 0.15) is 0 Å². The number of carbonyl (C=O) groups excluding carboxylic acids is 1. The van der Waals surface area contributed by atoms with Crippen LogP contribution in [-0.4, -0.2) is 48.1 Å². The van der Waals surface area contributed by atoms with Crippen molar-refractivity contribution in [2.24, 2.45) is 0 Å². The smallest absolute Gasteiger partial charge is 0.334 e. The van der Waals surface area contributed by atoms with Crippen molar-refractivity contribution in [3.8, 4) is 11.5 Å². The minimum atomic E-state index is -1.64. The van der Waals surface area contributed by atoms with Crippen molar-refractivity contribution in [3.05, 3.63) is 18.2 Å². The fourth-order valence-electron chi connectivity index (χ4n) is 1.69. The summed E-state index contributed by atoms with van der Waals surface area (Å²) in [4.78, 5) is 22.0. The summed E-state index contributed by atoms with van der Waals surface area (Å²) in [6.07, 6.45) is -0.857. The Hall–Kier alpha value is -2.48. The van der Waals surface area contributed by atoms with Gasteiger partial charge in [0.15, 0.2) is 17.6 Å². The molecule has 0 spiro atoms. The normalized spacial score (nSPS) is 14.7. The van der Waals surface area contributed by atoms with Crippen LogP contribution in [0, 0.1) is 0 Å². The number of fused-ring (bicyclic) bond motifs is 1. The number of hydrogen-bond acceptors (Lipinski definition) is 5. The molecule has 1 aliphatic heterocycles. The number of urea groups is 1. The minimum absolute atomic E-state index is 0.383. The molecule has 1 atom stereocenters. The highest BCUT2D eigenvalue weighted by atomic mass is 16.5. The number of aliphatic hydroxyl groups excluding tert-OH is 1. The van der Waals surface area contributed by atoms with Gasteiger partial charge in [0.05, 0.1) is 19.8 Å². The summed E-state index contributed by atoms with van der Waals surface area (Å²) in [5.74, 6) is -0.249. The monoisotopic (exact) mass is 296 g/mol. The van der Waals surface area contributed by atoms with Crippen LogP contribution in [0.2, 0.25) is 0 Å². The number of hydrogen-bond donors (Lipinski definition) is 4. The van der Waals surface area contributed by atoms with Crippen LogP contribution in [0.15, 0.2) is 18.2 Å². The van der Waals surface area contributed by atoms with E-state index in [0.717, 1.165) is 6.42 Å². The van der Waals surface area contributed by atoms with Crippen LogP contribution in [-0.2, 0) is 4.79 Å². The molecule has 0 fully saturated rings. The van der Waals surface area contributed by atoms with E-state index in [9.17, 15) is 9.59 Å². The number of ether oxygens (including phenoxy) is 2. The summed E-state index contributed by atoms with van der Waals surface area (Å²) in [5.41, 5.74) is 0.474. The topological polar surface area (TPSA) is 117 Å². The van der Waals surface area contributed by atoms with Crippen LogP contribution in [0.4, 0.5) is 10.5 Å². The maximum atomic E-state index is 11.6. The maximum absolute atomic E-state index is 11.6. The van der Waals surface area contributed by atoms with E-state index in [0.29, 0.717) is 30.4 Å². The van der Waals surface area contributed by atoms with Crippen molar-refractivity contribution in [2.45, 2.75) is 12.5 Å². The Bertz CT molecular complexity index is 533. The highest BCUT2D eigenvalue weighted by Gasteiger charge is 2.15. The zero-order valence-corrected chi connectivity index (χ0v) is 11.2. The second-order valence-corrected chi connectivity index (χ2v) is 4.40. The van der Waals surface area contributed by atoms with Gasteiger partial charge in [-0.1, -0.05) is 0 Å². The number of carbonyl (C=O) groups is 2. The summed E-state index contributed by atoms with van der Waals surface area (Å²) in [7, 11) is 0. The molecule has 1 unspecified atom stereocenters. The lowest BCUT2D eigenvalue weighted by Gasteiger charge is -2.12. The molecule has 0 radical (unpaired) electrons. The molecule has 21 heavy (non-hydrogen) atoms. The predicted molar refractivity (Wildman–Crippen MR) is 72.7 cm³/mol. The van der Waals surface area contributed by atoms with E-state index >= 15 is 0 Å². The molecule has 1 aromatic carbocycles. The second-order valence-electron chi connectivity index (χ2n) is 4.40. The standard InChI is InChI=1S/C13H16N2O6/c16-9(12(17)18)7-14-13(19)15-8-2-3-10-11(6-8)21-5-1-4-20-10/h2-3,6,9,16H,1,4-5,7H2,(H,17,18)(H2,14,15,19). The third-order valence-electron chi connectivity index (χ3n) is 2.75. The first-order chi connectivity index (χ1) is 10.1. The molecule has 8 nitrogen and oxygen atoms in total. The number of aliphatic carboxylic acids is 1. The lowest BCUT2D eigenvalue weighted by atomic mass is 10.3. The Kier molecular flexibility index (Phi) is 4.83. The zero-order valence-electron chi connectivity index (χ0n) is 11.2. The first-order valence-corrected chi connectivity index (χ1v) is 6.41. The van der Waals surface area contributed by atoms with Crippen molar-refractivity contribution >= 4 is 17.7 Å². The van der Waals surface area contributed by atoms with Gasteiger partial charge in [-0.15, -0.1) is 0 Å². The summed E-state index contributed by atoms with van der Waals surface area (Å²) in [5, 5.41) is 22.3. The lowest BCUT2D eigenvalue weighted by Crippen LogP contribution is -2.38. The summed E-state index contributed by atoms with van der Waals surface area (Å²) >= 11 is 0. The largest absolute Gasteiger partial charge is 0.490 e. The van der Waals surface area contributed by atoms with Gasteiger partial charge in [-0.05, 0) is 12.1 Å². The van der Waals surface area contributed by atoms with Crippen LogP contribution >= 0.6 is 0 Å². The Morgan fingerprint density at radius 1 is 1.24 bits per heavy atom. The molecule has 4 N–H and O–H groups in total. The molecule has 0 saturated heterocycles. The van der Waals surface area contributed by atoms with E-state index in [1.165, 1.54) is 0 Å². The van der Waals surface area contributed by atoms with E-state index in [1.807, 2.05) is 0 Å². The number of rotatable bonds is 4. The second kappa shape index (κ2) is 6.80. The molecular formula is C13H16N2O6. The van der Waals surface area contributed by atoms with Crippen LogP contribution in [0.25, 0.3) is 0 Å². The number of benzene rings is 1. The van der Waals surface area contributed by atoms with Gasteiger partial charge in [0.25, 0.3) is 0 Å². The van der Waals surface area contributed by atoms with Crippen LogP contribution in [0.3, 0.4) is 0 Å². The van der Waals surface area contributed by atoms with Crippen LogP contribution < -0.4 is 20.1 Å². The van der Waals surface area contributed by atoms with Crippen molar-refractivity contribution in [3.63, 3.8) is 0 Å². The Balaban J connectivity index is 1.92. The Morgan fingerprint density at radius 3 is 2.67 bits per heavy atom. The maximum Gasteiger partial charge on any atom is 0.334 e. The van der Waals surface area contributed by atoms with Gasteiger partial charge in [0.2, 0.25) is 0 Å². The van der Waals surface area contributed by atoms with Gasteiger partial charge >= 0.3 is 12.0 Å². The summed E-state index contributed by atoms with van der Waals surface area (Å²) in [6.45, 7) is 0.729. The summed E-state index contributed by atoms with van der Waals surface area (Å²) in [6, 6.07) is 4.32. The molecule has 2 amide bonds. The van der Waals surface area contributed by atoms with Gasteiger partial charge in [-0.3, -0.25) is 0 Å². The fourth-order valence-corrected chi connectivity index (χ4v) is 1.69. The highest BCUT2D eigenvalue weighted by Crippen LogP contribution is 2.32. The van der Waals surface area contributed by atoms with Crippen molar-refractivity contribution in [2.75, 3.05) is 25.1 Å². The predicted octanol–water partition coefficient (Wildman–Crippen LogP) is 0.415. The van der Waals surface area contributed by atoms with E-state index in [4.69, 9.17) is 19.7 Å². The number of aliphatic hydroxyl groups is 1. The quantitative estimate of drug-likeness (QED) is 0.639. The molecule has 2 rings (SSSR count). The molecule has 8 heteroatoms. The number of amides is 2. The third kappa shape index (κ3) is 4.25. The molecule has 0 saturated carbocycles. The molecule has 1 aromatic rings. The molecule has 1 aliphatic rings. The van der Waals surface area contributed by atoms with Crippen molar-refractivity contribution in [1.29, 1.82) is 0 Å². The van der Waals surface area contributed by atoms with Gasteiger partial charge < -0.3 is 30.3 Å². The first kappa shape index (κ1) is 14.9. The zero-order chi connectivity index (χ0) is 15.2. The molecule has 0 bridgehead atoms. The molecule has 0 aliphatic carbocycles. The van der Waals surface area contributed by atoms with Crippen molar-refractivity contribution in [1.82, 2.24) is 5.32 Å². The van der Waals surface area contributed by atoms with Gasteiger partial charge in [-0.25, -0.2) is 9.59 Å².